The van der Waals surface area contributed by atoms with Crippen molar-refractivity contribution in [2.24, 2.45) is 0 Å². The van der Waals surface area contributed by atoms with Crippen LogP contribution in [0.3, 0.4) is 0 Å². The molecule has 0 N–H and O–H groups in total. The normalized spacial score (nSPS) is 18.5. The van der Waals surface area contributed by atoms with Crippen LogP contribution in [0.25, 0.3) is 0 Å². The molecule has 1 fully saturated rings. The summed E-state index contributed by atoms with van der Waals surface area (Å²) in [6.07, 6.45) is 2.06. The van der Waals surface area contributed by atoms with Crippen molar-refractivity contribution in [2.75, 3.05) is 39.1 Å². The van der Waals surface area contributed by atoms with Crippen molar-refractivity contribution in [3.8, 4) is 5.75 Å². The molecule has 5 heteroatoms. The van der Waals surface area contributed by atoms with Crippen molar-refractivity contribution < 1.29 is 13.9 Å². The van der Waals surface area contributed by atoms with Crippen molar-refractivity contribution >= 4 is 11.8 Å². The summed E-state index contributed by atoms with van der Waals surface area (Å²) in [5.41, 5.74) is 1.02. The lowest BCUT2D eigenvalue weighted by Crippen LogP contribution is -2.40. The van der Waals surface area contributed by atoms with Crippen LogP contribution in [0.5, 0.6) is 5.75 Å². The van der Waals surface area contributed by atoms with Crippen LogP contribution in [0, 0.1) is 5.82 Å². The zero-order valence-corrected chi connectivity index (χ0v) is 14.6. The fourth-order valence-corrected chi connectivity index (χ4v) is 3.16. The monoisotopic (exact) mass is 347 g/mol. The molecule has 128 valence electrons. The highest BCUT2D eigenvalue weighted by Gasteiger charge is 2.21. The molecule has 0 saturated carbocycles. The second-order valence-corrected chi connectivity index (χ2v) is 6.62. The zero-order valence-electron chi connectivity index (χ0n) is 13.8. The average Bonchev–Trinajstić information content (AvgIpc) is 2.63. The van der Waals surface area contributed by atoms with Crippen LogP contribution >= 0.6 is 11.8 Å². The van der Waals surface area contributed by atoms with E-state index in [1.807, 2.05) is 12.1 Å². The van der Waals surface area contributed by atoms with E-state index in [2.05, 4.69) is 23.3 Å². The van der Waals surface area contributed by atoms with Gasteiger partial charge in [-0.1, -0.05) is 12.1 Å². The van der Waals surface area contributed by atoms with Crippen molar-refractivity contribution in [3.05, 3.63) is 59.9 Å². The number of rotatable bonds is 6. The Morgan fingerprint density at radius 1 is 1.17 bits per heavy atom. The first kappa shape index (κ1) is 17.3. The number of thioether (sulfide) groups is 1. The lowest BCUT2D eigenvalue weighted by Gasteiger charge is -2.33. The molecule has 0 spiro atoms. The Hall–Kier alpha value is -1.56. The summed E-state index contributed by atoms with van der Waals surface area (Å²) in [7, 11) is 0. The van der Waals surface area contributed by atoms with Crippen LogP contribution < -0.4 is 4.74 Å². The summed E-state index contributed by atoms with van der Waals surface area (Å²) in [6, 6.07) is 14.7. The van der Waals surface area contributed by atoms with Crippen molar-refractivity contribution in [3.63, 3.8) is 0 Å². The number of nitrogens with zero attached hydrogens (tertiary/aromatic N) is 1. The maximum Gasteiger partial charge on any atom is 0.123 e. The van der Waals surface area contributed by atoms with Gasteiger partial charge in [-0.15, -0.1) is 11.8 Å². The van der Waals surface area contributed by atoms with Crippen LogP contribution in [0.4, 0.5) is 4.39 Å². The van der Waals surface area contributed by atoms with Crippen molar-refractivity contribution in [1.82, 2.24) is 4.90 Å². The molecular formula is C19H22FNO2S. The highest BCUT2D eigenvalue weighted by atomic mass is 32.2. The molecule has 24 heavy (non-hydrogen) atoms. The van der Waals surface area contributed by atoms with Crippen LogP contribution in [0.2, 0.25) is 0 Å². The van der Waals surface area contributed by atoms with E-state index >= 15 is 0 Å². The Morgan fingerprint density at radius 2 is 1.92 bits per heavy atom. The number of hydrogen-bond acceptors (Lipinski definition) is 4. The standard InChI is InChI=1S/C19H22FNO2S/c1-24-18-8-6-17(7-9-18)22-12-10-21-11-13-23-19(14-21)15-2-4-16(20)5-3-15/h2-9,19H,10-14H2,1H3/t19-/m1/s1. The summed E-state index contributed by atoms with van der Waals surface area (Å²) in [4.78, 5) is 3.56. The largest absolute Gasteiger partial charge is 0.492 e. The molecule has 0 bridgehead atoms. The Balaban J connectivity index is 1.47. The third-order valence-electron chi connectivity index (χ3n) is 4.13. The van der Waals surface area contributed by atoms with Gasteiger partial charge in [0.2, 0.25) is 0 Å². The molecule has 3 nitrogen and oxygen atoms in total. The first-order chi connectivity index (χ1) is 11.7. The molecule has 1 aliphatic rings. The summed E-state index contributed by atoms with van der Waals surface area (Å²) in [5.74, 6) is 0.684. The molecule has 1 aliphatic heterocycles. The molecule has 1 atom stereocenters. The van der Waals surface area contributed by atoms with Crippen molar-refractivity contribution in [2.45, 2.75) is 11.0 Å². The minimum absolute atomic E-state index is 0.000197. The number of halogens is 1. The van der Waals surface area contributed by atoms with Gasteiger partial charge >= 0.3 is 0 Å². The van der Waals surface area contributed by atoms with Gasteiger partial charge in [0.15, 0.2) is 0 Å². The Morgan fingerprint density at radius 3 is 2.62 bits per heavy atom. The SMILES string of the molecule is CSc1ccc(OCCN2CCO[C@@H](c3ccc(F)cc3)C2)cc1. The molecule has 0 aromatic heterocycles. The minimum atomic E-state index is -0.215. The maximum atomic E-state index is 13.0. The Labute approximate surface area is 146 Å². The van der Waals surface area contributed by atoms with Gasteiger partial charge in [0.25, 0.3) is 0 Å². The highest BCUT2D eigenvalue weighted by molar-refractivity contribution is 7.98. The predicted molar refractivity (Wildman–Crippen MR) is 95.3 cm³/mol. The van der Waals surface area contributed by atoms with Gasteiger partial charge in [-0.2, -0.15) is 0 Å². The number of morpholine rings is 1. The van der Waals surface area contributed by atoms with Gasteiger partial charge in [0.05, 0.1) is 12.7 Å². The zero-order chi connectivity index (χ0) is 16.8. The second kappa shape index (κ2) is 8.51. The first-order valence-electron chi connectivity index (χ1n) is 8.11. The van der Waals surface area contributed by atoms with Crippen LogP contribution in [-0.4, -0.2) is 44.0 Å². The van der Waals surface area contributed by atoms with Gasteiger partial charge in [0.1, 0.15) is 18.2 Å². The maximum absolute atomic E-state index is 13.0. The molecule has 2 aromatic rings. The number of ether oxygens (including phenoxy) is 2. The molecule has 3 rings (SSSR count). The second-order valence-electron chi connectivity index (χ2n) is 5.74. The summed E-state index contributed by atoms with van der Waals surface area (Å²) < 4.78 is 24.7. The summed E-state index contributed by atoms with van der Waals surface area (Å²) >= 11 is 1.72. The number of benzene rings is 2. The molecule has 2 aromatic carbocycles. The summed E-state index contributed by atoms with van der Waals surface area (Å²) in [6.45, 7) is 3.89. The molecule has 1 saturated heterocycles. The minimum Gasteiger partial charge on any atom is -0.492 e. The molecule has 0 amide bonds. The van der Waals surface area contributed by atoms with E-state index in [9.17, 15) is 4.39 Å². The lowest BCUT2D eigenvalue weighted by molar-refractivity contribution is -0.0329. The lowest BCUT2D eigenvalue weighted by atomic mass is 10.1. The van der Waals surface area contributed by atoms with E-state index in [-0.39, 0.29) is 11.9 Å². The predicted octanol–water partition coefficient (Wildman–Crippen LogP) is 4.00. The van der Waals surface area contributed by atoms with Gasteiger partial charge in [-0.25, -0.2) is 4.39 Å². The average molecular weight is 347 g/mol. The molecule has 1 heterocycles. The smallest absolute Gasteiger partial charge is 0.123 e. The van der Waals surface area contributed by atoms with E-state index in [0.29, 0.717) is 13.2 Å². The van der Waals surface area contributed by atoms with E-state index in [0.717, 1.165) is 30.9 Å². The molecule has 0 unspecified atom stereocenters. The van der Waals surface area contributed by atoms with Crippen molar-refractivity contribution in [1.29, 1.82) is 0 Å². The van der Waals surface area contributed by atoms with E-state index in [1.54, 1.807) is 23.9 Å². The van der Waals surface area contributed by atoms with E-state index in [1.165, 1.54) is 17.0 Å². The topological polar surface area (TPSA) is 21.7 Å². The fourth-order valence-electron chi connectivity index (χ4n) is 2.75. The first-order valence-corrected chi connectivity index (χ1v) is 9.33. The van der Waals surface area contributed by atoms with Crippen LogP contribution in [0.1, 0.15) is 11.7 Å². The molecule has 0 aliphatic carbocycles. The number of hydrogen-bond donors (Lipinski definition) is 0. The van der Waals surface area contributed by atoms with Gasteiger partial charge in [-0.05, 0) is 48.2 Å². The molecular weight excluding hydrogens is 325 g/mol. The molecule has 0 radical (unpaired) electrons. The third-order valence-corrected chi connectivity index (χ3v) is 4.87. The third kappa shape index (κ3) is 4.72. The van der Waals surface area contributed by atoms with Gasteiger partial charge in [-0.3, -0.25) is 4.90 Å². The van der Waals surface area contributed by atoms with Gasteiger partial charge < -0.3 is 9.47 Å². The van der Waals surface area contributed by atoms with Gasteiger partial charge in [0, 0.05) is 24.5 Å². The summed E-state index contributed by atoms with van der Waals surface area (Å²) in [5, 5.41) is 0. The van der Waals surface area contributed by atoms with Crippen LogP contribution in [-0.2, 0) is 4.74 Å². The highest BCUT2D eigenvalue weighted by Crippen LogP contribution is 2.23. The fraction of sp³-hybridized carbons (Fsp3) is 0.368. The Kier molecular flexibility index (Phi) is 6.12. The Bertz CT molecular complexity index is 633. The van der Waals surface area contributed by atoms with E-state index in [4.69, 9.17) is 9.47 Å². The quantitative estimate of drug-likeness (QED) is 0.736. The van der Waals surface area contributed by atoms with E-state index < -0.39 is 0 Å². The van der Waals surface area contributed by atoms with Crippen LogP contribution in [0.15, 0.2) is 53.4 Å².